The van der Waals surface area contributed by atoms with Crippen molar-refractivity contribution >= 4 is 17.9 Å². The number of rotatable bonds is 39. The van der Waals surface area contributed by atoms with E-state index in [-0.39, 0.29) is 36.2 Å². The molecule has 0 fully saturated rings. The maximum absolute atomic E-state index is 12.7. The molecule has 326 valence electrons. The second kappa shape index (κ2) is 39.6. The quantitative estimate of drug-likeness (QED) is 0.0286. The molecule has 8 heteroatoms. The fourth-order valence-electron chi connectivity index (χ4n) is 6.11. The van der Waals surface area contributed by atoms with Gasteiger partial charge in [-0.2, -0.15) is 0 Å². The monoisotopic (exact) mass is 799 g/mol. The van der Waals surface area contributed by atoms with Gasteiger partial charge in [0.05, 0.1) is 34.4 Å². The fraction of sp³-hybridized carbons (Fsp3) is 0.694. The largest absolute Gasteiger partial charge is 0.477 e. The van der Waals surface area contributed by atoms with Crippen LogP contribution < -0.4 is 0 Å². The SMILES string of the molecule is CC/C=C/C/C=C/C/C=C/C/C=C/C/C=C/CCCCCCC(=O)OC(COCCC(C(=O)O)[N+](C)(C)C)COC(=O)CCCCC/C=C/CCCCCCCC. The Morgan fingerprint density at radius 1 is 0.544 bits per heavy atom. The topological polar surface area (TPSA) is 99.1 Å². The molecule has 0 aromatic rings. The minimum absolute atomic E-state index is 0.0425. The molecule has 0 aromatic heterocycles. The van der Waals surface area contributed by atoms with Gasteiger partial charge in [0.1, 0.15) is 6.61 Å². The predicted molar refractivity (Wildman–Crippen MR) is 238 cm³/mol. The number of aliphatic carboxylic acids is 1. The van der Waals surface area contributed by atoms with Crippen LogP contribution in [0.4, 0.5) is 0 Å². The van der Waals surface area contributed by atoms with Crippen molar-refractivity contribution in [2.75, 3.05) is 41.0 Å². The Kier molecular flexibility index (Phi) is 37.3. The molecule has 2 atom stereocenters. The molecule has 0 rings (SSSR count). The van der Waals surface area contributed by atoms with Gasteiger partial charge >= 0.3 is 17.9 Å². The van der Waals surface area contributed by atoms with Gasteiger partial charge < -0.3 is 23.8 Å². The van der Waals surface area contributed by atoms with E-state index in [0.29, 0.717) is 19.3 Å². The van der Waals surface area contributed by atoms with Crippen LogP contribution in [0, 0.1) is 0 Å². The molecule has 0 aliphatic carbocycles. The maximum Gasteiger partial charge on any atom is 0.362 e. The number of carbonyl (C=O) groups is 3. The Balaban J connectivity index is 4.42. The maximum atomic E-state index is 12.7. The number of nitrogens with zero attached hydrogens (tertiary/aromatic N) is 1. The molecule has 0 aliphatic rings. The second-order valence-electron chi connectivity index (χ2n) is 15.9. The van der Waals surface area contributed by atoms with E-state index in [1.54, 1.807) is 0 Å². The Bertz CT molecular complexity index is 1160. The van der Waals surface area contributed by atoms with E-state index in [4.69, 9.17) is 14.2 Å². The average Bonchev–Trinajstić information content (AvgIpc) is 3.17. The molecule has 0 bridgehead atoms. The van der Waals surface area contributed by atoms with Gasteiger partial charge in [-0.05, 0) is 83.5 Å². The Morgan fingerprint density at radius 3 is 1.49 bits per heavy atom. The highest BCUT2D eigenvalue weighted by atomic mass is 16.6. The summed E-state index contributed by atoms with van der Waals surface area (Å²) in [5, 5.41) is 9.62. The van der Waals surface area contributed by atoms with Gasteiger partial charge in [-0.1, -0.05) is 138 Å². The second-order valence-corrected chi connectivity index (χ2v) is 15.9. The minimum Gasteiger partial charge on any atom is -0.477 e. The van der Waals surface area contributed by atoms with Crippen LogP contribution in [0.2, 0.25) is 0 Å². The summed E-state index contributed by atoms with van der Waals surface area (Å²) in [7, 11) is 5.51. The summed E-state index contributed by atoms with van der Waals surface area (Å²) in [6.45, 7) is 4.56. The summed E-state index contributed by atoms with van der Waals surface area (Å²) >= 11 is 0. The lowest BCUT2D eigenvalue weighted by Crippen LogP contribution is -2.50. The summed E-state index contributed by atoms with van der Waals surface area (Å²) in [5.74, 6) is -1.53. The third kappa shape index (κ3) is 38.1. The van der Waals surface area contributed by atoms with Crippen molar-refractivity contribution in [1.29, 1.82) is 0 Å². The normalized spacial score (nSPS) is 13.6. The van der Waals surface area contributed by atoms with Crippen LogP contribution in [0.15, 0.2) is 72.9 Å². The number of unbranched alkanes of at least 4 members (excludes halogenated alkanes) is 13. The molecule has 1 N–H and O–H groups in total. The molecular formula is C49H84NO7+. The van der Waals surface area contributed by atoms with Gasteiger partial charge in [0, 0.05) is 19.3 Å². The molecule has 0 aromatic carbocycles. The first kappa shape index (κ1) is 53.8. The molecule has 57 heavy (non-hydrogen) atoms. The first-order chi connectivity index (χ1) is 27.6. The third-order valence-electron chi connectivity index (χ3n) is 9.59. The van der Waals surface area contributed by atoms with Crippen LogP contribution in [0.3, 0.4) is 0 Å². The van der Waals surface area contributed by atoms with Crippen LogP contribution >= 0.6 is 0 Å². The summed E-state index contributed by atoms with van der Waals surface area (Å²) in [6, 6.07) is -0.624. The molecule has 0 radical (unpaired) electrons. The van der Waals surface area contributed by atoms with Crippen LogP contribution in [0.1, 0.15) is 168 Å². The minimum atomic E-state index is -0.884. The summed E-state index contributed by atoms with van der Waals surface area (Å²) < 4.78 is 17.2. The lowest BCUT2D eigenvalue weighted by Gasteiger charge is -2.31. The number of hydrogen-bond donors (Lipinski definition) is 1. The summed E-state index contributed by atoms with van der Waals surface area (Å²) in [6.07, 6.45) is 49.4. The lowest BCUT2D eigenvalue weighted by atomic mass is 10.1. The zero-order valence-electron chi connectivity index (χ0n) is 37.0. The van der Waals surface area contributed by atoms with Crippen molar-refractivity contribution in [1.82, 2.24) is 0 Å². The summed E-state index contributed by atoms with van der Waals surface area (Å²) in [5.41, 5.74) is 0. The Morgan fingerprint density at radius 2 is 0.982 bits per heavy atom. The molecule has 0 spiro atoms. The van der Waals surface area contributed by atoms with E-state index in [9.17, 15) is 19.5 Å². The number of ether oxygens (including phenoxy) is 3. The van der Waals surface area contributed by atoms with Crippen molar-refractivity contribution in [2.45, 2.75) is 180 Å². The van der Waals surface area contributed by atoms with Crippen molar-refractivity contribution in [2.24, 2.45) is 0 Å². The molecule has 0 saturated carbocycles. The Labute approximate surface area is 349 Å². The molecule has 8 nitrogen and oxygen atoms in total. The van der Waals surface area contributed by atoms with Gasteiger partial charge in [0.25, 0.3) is 0 Å². The van der Waals surface area contributed by atoms with E-state index in [1.807, 2.05) is 21.1 Å². The van der Waals surface area contributed by atoms with Crippen LogP contribution in [-0.2, 0) is 28.6 Å². The number of carboxylic acids is 1. The molecule has 2 unspecified atom stereocenters. The van der Waals surface area contributed by atoms with E-state index >= 15 is 0 Å². The van der Waals surface area contributed by atoms with E-state index in [0.717, 1.165) is 96.3 Å². The number of esters is 2. The van der Waals surface area contributed by atoms with Gasteiger partial charge in [-0.25, -0.2) is 4.79 Å². The van der Waals surface area contributed by atoms with Gasteiger partial charge in [-0.15, -0.1) is 0 Å². The number of allylic oxidation sites excluding steroid dienone is 12. The zero-order chi connectivity index (χ0) is 42.1. The smallest absolute Gasteiger partial charge is 0.362 e. The van der Waals surface area contributed by atoms with Crippen LogP contribution in [0.25, 0.3) is 0 Å². The first-order valence-corrected chi connectivity index (χ1v) is 22.5. The van der Waals surface area contributed by atoms with Crippen molar-refractivity contribution in [3.05, 3.63) is 72.9 Å². The third-order valence-corrected chi connectivity index (χ3v) is 9.59. The van der Waals surface area contributed by atoms with E-state index in [2.05, 4.69) is 86.8 Å². The molecule has 0 heterocycles. The number of hydrogen-bond acceptors (Lipinski definition) is 6. The van der Waals surface area contributed by atoms with Crippen molar-refractivity contribution < 1.29 is 38.2 Å². The molecule has 0 saturated heterocycles. The standard InChI is InChI=1S/C49H83NO7/c1-6-8-10-12-14-16-18-20-21-22-23-24-25-26-28-30-32-34-36-38-40-48(52)57-45(43-55-42-41-46(49(53)54)50(3,4)5)44-56-47(51)39-37-35-33-31-29-27-19-17-15-13-11-9-7-2/h8,10,14,16,20-21,23-24,26-29,45-46H,6-7,9,11-13,15,17-19,22,25,30-44H2,1-5H3/p+1/b10-8+,16-14+,21-20+,24-23+,28-26+,29-27+. The zero-order valence-corrected chi connectivity index (χ0v) is 37.0. The van der Waals surface area contributed by atoms with Gasteiger partial charge in [-0.3, -0.25) is 9.59 Å². The van der Waals surface area contributed by atoms with E-state index < -0.39 is 18.1 Å². The fourth-order valence-corrected chi connectivity index (χ4v) is 6.11. The van der Waals surface area contributed by atoms with Crippen LogP contribution in [0.5, 0.6) is 0 Å². The van der Waals surface area contributed by atoms with Gasteiger partial charge in [0.2, 0.25) is 0 Å². The average molecular weight is 799 g/mol. The molecule has 0 aliphatic heterocycles. The summed E-state index contributed by atoms with van der Waals surface area (Å²) in [4.78, 5) is 37.0. The first-order valence-electron chi connectivity index (χ1n) is 22.5. The lowest BCUT2D eigenvalue weighted by molar-refractivity contribution is -0.887. The number of quaternary nitrogens is 1. The van der Waals surface area contributed by atoms with Crippen LogP contribution in [-0.4, -0.2) is 80.6 Å². The van der Waals surface area contributed by atoms with Crippen molar-refractivity contribution in [3.63, 3.8) is 0 Å². The van der Waals surface area contributed by atoms with Gasteiger partial charge in [0.15, 0.2) is 12.1 Å². The Hall–Kier alpha value is -3.23. The highest BCUT2D eigenvalue weighted by Gasteiger charge is 2.31. The predicted octanol–water partition coefficient (Wildman–Crippen LogP) is 12.4. The number of carbonyl (C=O) groups excluding carboxylic acids is 2. The molecular weight excluding hydrogens is 715 g/mol. The van der Waals surface area contributed by atoms with Crippen molar-refractivity contribution in [3.8, 4) is 0 Å². The van der Waals surface area contributed by atoms with E-state index in [1.165, 1.54) is 38.5 Å². The number of carboxylic acid groups (broad SMARTS) is 1. The highest BCUT2D eigenvalue weighted by Crippen LogP contribution is 2.12. The number of likely N-dealkylation sites (N-methyl/N-ethyl adjacent to an activating group) is 1. The molecule has 0 amide bonds. The highest BCUT2D eigenvalue weighted by molar-refractivity contribution is 5.72.